The first kappa shape index (κ1) is 12.2. The van der Waals surface area contributed by atoms with Gasteiger partial charge in [0.2, 0.25) is 0 Å². The Bertz CT molecular complexity index is 413. The van der Waals surface area contributed by atoms with Crippen LogP contribution in [0.2, 0.25) is 0 Å². The van der Waals surface area contributed by atoms with E-state index in [2.05, 4.69) is 5.16 Å². The van der Waals surface area contributed by atoms with Crippen LogP contribution in [0, 0.1) is 0 Å². The number of benzene rings is 1. The Labute approximate surface area is 93.6 Å². The topological polar surface area (TPSA) is 73.1 Å². The third kappa shape index (κ3) is 2.38. The molecule has 0 saturated carbocycles. The first-order valence-corrected chi connectivity index (χ1v) is 4.74. The number of hydrogen-bond acceptors (Lipinski definition) is 4. The monoisotopic (exact) mass is 222 g/mol. The molecule has 0 atom stereocenters. The molecule has 1 amide bonds. The normalized spacial score (nSPS) is 11.3. The summed E-state index contributed by atoms with van der Waals surface area (Å²) in [6.07, 6.45) is 0. The van der Waals surface area contributed by atoms with Crippen LogP contribution in [0.5, 0.6) is 0 Å². The number of oxime groups is 1. The van der Waals surface area contributed by atoms with Crippen LogP contribution in [0.1, 0.15) is 11.1 Å². The standard InChI is InChI=1S/C11H14N2O3/c1-13(2)11(15)10(12-16)9-6-4-3-5-8(9)7-14/h3-6,14,16H,7H2,1-2H3. The van der Waals surface area contributed by atoms with Crippen LogP contribution in [0.4, 0.5) is 0 Å². The Morgan fingerprint density at radius 1 is 1.38 bits per heavy atom. The lowest BCUT2D eigenvalue weighted by atomic mass is 10.0. The third-order valence-corrected chi connectivity index (χ3v) is 2.15. The fraction of sp³-hybridized carbons (Fsp3) is 0.273. The zero-order valence-electron chi connectivity index (χ0n) is 9.21. The van der Waals surface area contributed by atoms with Gasteiger partial charge in [0.05, 0.1) is 6.61 Å². The Hall–Kier alpha value is -1.88. The first-order valence-electron chi connectivity index (χ1n) is 4.74. The van der Waals surface area contributed by atoms with Crippen LogP contribution in [0.25, 0.3) is 0 Å². The molecule has 16 heavy (non-hydrogen) atoms. The zero-order valence-corrected chi connectivity index (χ0v) is 9.21. The van der Waals surface area contributed by atoms with E-state index in [0.29, 0.717) is 11.1 Å². The number of carbonyl (C=O) groups excluding carboxylic acids is 1. The van der Waals surface area contributed by atoms with Gasteiger partial charge in [0.15, 0.2) is 5.71 Å². The largest absolute Gasteiger partial charge is 0.410 e. The highest BCUT2D eigenvalue weighted by Crippen LogP contribution is 2.11. The lowest BCUT2D eigenvalue weighted by molar-refractivity contribution is -0.121. The van der Waals surface area contributed by atoms with Crippen molar-refractivity contribution in [1.82, 2.24) is 4.90 Å². The second-order valence-corrected chi connectivity index (χ2v) is 3.46. The molecule has 0 bridgehead atoms. The number of nitrogens with zero attached hydrogens (tertiary/aromatic N) is 2. The summed E-state index contributed by atoms with van der Waals surface area (Å²) in [6.45, 7) is -0.212. The average Bonchev–Trinajstić information content (AvgIpc) is 2.30. The van der Waals surface area contributed by atoms with Gasteiger partial charge in [-0.15, -0.1) is 0 Å². The van der Waals surface area contributed by atoms with Crippen molar-refractivity contribution in [3.8, 4) is 0 Å². The van der Waals surface area contributed by atoms with Gasteiger partial charge in [-0.2, -0.15) is 0 Å². The zero-order chi connectivity index (χ0) is 12.1. The highest BCUT2D eigenvalue weighted by Gasteiger charge is 2.19. The molecule has 1 aromatic rings. The molecule has 0 fully saturated rings. The van der Waals surface area contributed by atoms with E-state index < -0.39 is 5.91 Å². The predicted octanol–water partition coefficient (Wildman–Crippen LogP) is 0.445. The van der Waals surface area contributed by atoms with Gasteiger partial charge in [-0.25, -0.2) is 0 Å². The molecule has 0 aromatic heterocycles. The molecular weight excluding hydrogens is 208 g/mol. The third-order valence-electron chi connectivity index (χ3n) is 2.15. The van der Waals surface area contributed by atoms with Crippen molar-refractivity contribution in [3.05, 3.63) is 35.4 Å². The molecular formula is C11H14N2O3. The second-order valence-electron chi connectivity index (χ2n) is 3.46. The Morgan fingerprint density at radius 3 is 2.50 bits per heavy atom. The van der Waals surface area contributed by atoms with Crippen molar-refractivity contribution in [3.63, 3.8) is 0 Å². The van der Waals surface area contributed by atoms with Crippen molar-refractivity contribution in [2.75, 3.05) is 14.1 Å². The van der Waals surface area contributed by atoms with E-state index >= 15 is 0 Å². The number of amides is 1. The molecule has 5 nitrogen and oxygen atoms in total. The molecule has 0 saturated heterocycles. The summed E-state index contributed by atoms with van der Waals surface area (Å²) in [5.74, 6) is -0.414. The smallest absolute Gasteiger partial charge is 0.276 e. The van der Waals surface area contributed by atoms with Crippen molar-refractivity contribution < 1.29 is 15.1 Å². The van der Waals surface area contributed by atoms with Gasteiger partial charge in [0.1, 0.15) is 0 Å². The fourth-order valence-corrected chi connectivity index (χ4v) is 1.31. The molecule has 0 aliphatic carbocycles. The molecule has 1 rings (SSSR count). The van der Waals surface area contributed by atoms with Crippen molar-refractivity contribution in [2.24, 2.45) is 5.16 Å². The minimum atomic E-state index is -0.414. The molecule has 0 aliphatic rings. The molecule has 1 aromatic carbocycles. The van der Waals surface area contributed by atoms with Gasteiger partial charge in [-0.1, -0.05) is 29.4 Å². The fourth-order valence-electron chi connectivity index (χ4n) is 1.31. The second kappa shape index (κ2) is 5.27. The number of aliphatic hydroxyl groups excluding tert-OH is 1. The number of aliphatic hydroxyl groups is 1. The predicted molar refractivity (Wildman–Crippen MR) is 59.4 cm³/mol. The summed E-state index contributed by atoms with van der Waals surface area (Å²) in [4.78, 5) is 13.0. The van der Waals surface area contributed by atoms with Crippen LogP contribution in [0.15, 0.2) is 29.4 Å². The molecule has 0 spiro atoms. The van der Waals surface area contributed by atoms with Crippen LogP contribution >= 0.6 is 0 Å². The summed E-state index contributed by atoms with van der Waals surface area (Å²) in [5, 5.41) is 21.0. The summed E-state index contributed by atoms with van der Waals surface area (Å²) in [6, 6.07) is 6.75. The van der Waals surface area contributed by atoms with Gasteiger partial charge in [-0.05, 0) is 5.56 Å². The molecule has 5 heteroatoms. The van der Waals surface area contributed by atoms with Crippen molar-refractivity contribution >= 4 is 11.6 Å². The summed E-state index contributed by atoms with van der Waals surface area (Å²) in [7, 11) is 3.13. The minimum absolute atomic E-state index is 0.0744. The van der Waals surface area contributed by atoms with Crippen molar-refractivity contribution in [1.29, 1.82) is 0 Å². The van der Waals surface area contributed by atoms with Gasteiger partial charge < -0.3 is 15.2 Å². The molecule has 0 unspecified atom stereocenters. The Balaban J connectivity index is 3.20. The van der Waals surface area contributed by atoms with Crippen LogP contribution < -0.4 is 0 Å². The average molecular weight is 222 g/mol. The first-order chi connectivity index (χ1) is 7.61. The lowest BCUT2D eigenvalue weighted by Gasteiger charge is -2.13. The molecule has 0 radical (unpaired) electrons. The van der Waals surface area contributed by atoms with Crippen LogP contribution in [-0.2, 0) is 11.4 Å². The maximum atomic E-state index is 11.7. The lowest BCUT2D eigenvalue weighted by Crippen LogP contribution is -2.31. The van der Waals surface area contributed by atoms with E-state index in [-0.39, 0.29) is 12.3 Å². The van der Waals surface area contributed by atoms with Crippen LogP contribution in [0.3, 0.4) is 0 Å². The SMILES string of the molecule is CN(C)C(=O)C(=NO)c1ccccc1CO. The Morgan fingerprint density at radius 2 is 2.00 bits per heavy atom. The van der Waals surface area contributed by atoms with E-state index in [0.717, 1.165) is 0 Å². The molecule has 86 valence electrons. The van der Waals surface area contributed by atoms with E-state index in [1.54, 1.807) is 38.4 Å². The Kier molecular flexibility index (Phi) is 4.02. The number of carbonyl (C=O) groups is 1. The van der Waals surface area contributed by atoms with Gasteiger partial charge >= 0.3 is 0 Å². The molecule has 0 heterocycles. The maximum Gasteiger partial charge on any atom is 0.276 e. The minimum Gasteiger partial charge on any atom is -0.410 e. The van der Waals surface area contributed by atoms with E-state index in [9.17, 15) is 4.79 Å². The van der Waals surface area contributed by atoms with Gasteiger partial charge in [-0.3, -0.25) is 4.79 Å². The number of hydrogen-bond donors (Lipinski definition) is 2. The quantitative estimate of drug-likeness (QED) is 0.443. The number of rotatable bonds is 3. The molecule has 0 aliphatic heterocycles. The van der Waals surface area contributed by atoms with E-state index in [4.69, 9.17) is 10.3 Å². The summed E-state index contributed by atoms with van der Waals surface area (Å²) >= 11 is 0. The highest BCUT2D eigenvalue weighted by molar-refractivity contribution is 6.45. The van der Waals surface area contributed by atoms with E-state index in [1.165, 1.54) is 4.90 Å². The number of likely N-dealkylation sites (N-methyl/N-ethyl adjacent to an activating group) is 1. The molecule has 2 N–H and O–H groups in total. The summed E-state index contributed by atoms with van der Waals surface area (Å²) in [5.41, 5.74) is 0.909. The van der Waals surface area contributed by atoms with Gasteiger partial charge in [0.25, 0.3) is 5.91 Å². The van der Waals surface area contributed by atoms with E-state index in [1.807, 2.05) is 0 Å². The summed E-state index contributed by atoms with van der Waals surface area (Å²) < 4.78 is 0. The highest BCUT2D eigenvalue weighted by atomic mass is 16.4. The maximum absolute atomic E-state index is 11.7. The van der Waals surface area contributed by atoms with Gasteiger partial charge in [0, 0.05) is 19.7 Å². The van der Waals surface area contributed by atoms with Crippen molar-refractivity contribution in [2.45, 2.75) is 6.61 Å². The van der Waals surface area contributed by atoms with Crippen LogP contribution in [-0.4, -0.2) is 40.9 Å².